The number of hydrogen-bond acceptors (Lipinski definition) is 4. The summed E-state index contributed by atoms with van der Waals surface area (Å²) in [4.78, 5) is 0.309. The molecule has 0 fully saturated rings. The highest BCUT2D eigenvalue weighted by atomic mass is 32.2. The zero-order valence-electron chi connectivity index (χ0n) is 11.6. The Hall–Kier alpha value is -0.630. The zero-order chi connectivity index (χ0) is 15.2. The maximum absolute atomic E-state index is 12.0. The van der Waals surface area contributed by atoms with Crippen LogP contribution in [0, 0.1) is 0 Å². The highest BCUT2D eigenvalue weighted by Crippen LogP contribution is 2.09. The summed E-state index contributed by atoms with van der Waals surface area (Å²) >= 11 is 6.56. The molecule has 112 valence electrons. The zero-order valence-corrected chi connectivity index (χ0v) is 14.1. The first-order valence-corrected chi connectivity index (χ1v) is 9.67. The van der Waals surface area contributed by atoms with Gasteiger partial charge in [-0.25, -0.2) is 13.1 Å². The minimum absolute atomic E-state index is 0.0335. The molecule has 0 bridgehead atoms. The minimum Gasteiger partial charge on any atom is -0.389 e. The van der Waals surface area contributed by atoms with Crippen LogP contribution < -0.4 is 10.5 Å². The number of sulfonamides is 1. The summed E-state index contributed by atoms with van der Waals surface area (Å²) in [5, 5.41) is 0. The first-order chi connectivity index (χ1) is 9.34. The highest BCUT2D eigenvalue weighted by Gasteiger charge is 2.15. The number of hydrogen-bond donors (Lipinski definition) is 2. The molecule has 0 spiro atoms. The second kappa shape index (κ2) is 7.97. The van der Waals surface area contributed by atoms with Crippen LogP contribution in [0.3, 0.4) is 0 Å². The van der Waals surface area contributed by atoms with E-state index in [9.17, 15) is 8.42 Å². The molecule has 0 radical (unpaired) electrons. The Labute approximate surface area is 130 Å². The van der Waals surface area contributed by atoms with Gasteiger partial charge < -0.3 is 5.73 Å². The minimum atomic E-state index is -3.32. The van der Waals surface area contributed by atoms with E-state index in [0.717, 1.165) is 23.3 Å². The SMILES string of the molecule is CSCCC(C)NS(=O)(=O)Cc1ccc(C(N)=S)cc1. The van der Waals surface area contributed by atoms with Gasteiger partial charge >= 0.3 is 0 Å². The smallest absolute Gasteiger partial charge is 0.216 e. The lowest BCUT2D eigenvalue weighted by molar-refractivity contribution is 0.556. The number of nitrogens with one attached hydrogen (secondary N) is 1. The van der Waals surface area contributed by atoms with Crippen LogP contribution >= 0.6 is 24.0 Å². The Morgan fingerprint density at radius 1 is 1.40 bits per heavy atom. The molecule has 1 aromatic carbocycles. The van der Waals surface area contributed by atoms with Crippen molar-refractivity contribution in [1.82, 2.24) is 4.72 Å². The quantitative estimate of drug-likeness (QED) is 0.711. The molecule has 0 saturated carbocycles. The van der Waals surface area contributed by atoms with Crippen LogP contribution in [0.2, 0.25) is 0 Å². The Bertz CT molecular complexity index is 541. The van der Waals surface area contributed by atoms with Gasteiger partial charge in [0.1, 0.15) is 4.99 Å². The summed E-state index contributed by atoms with van der Waals surface area (Å²) in [5.74, 6) is 0.903. The van der Waals surface area contributed by atoms with E-state index in [0.29, 0.717) is 4.99 Å². The van der Waals surface area contributed by atoms with Crippen molar-refractivity contribution in [3.05, 3.63) is 35.4 Å². The summed E-state index contributed by atoms with van der Waals surface area (Å²) in [6.07, 6.45) is 2.82. The lowest BCUT2D eigenvalue weighted by atomic mass is 10.1. The number of nitrogens with two attached hydrogens (primary N) is 1. The standard InChI is InChI=1S/C13H20N2O2S3/c1-10(7-8-19-2)15-20(16,17)9-11-3-5-12(6-4-11)13(14)18/h3-6,10,15H,7-9H2,1-2H3,(H2,14,18). The van der Waals surface area contributed by atoms with E-state index in [1.165, 1.54) is 0 Å². The molecule has 0 heterocycles. The normalized spacial score (nSPS) is 13.1. The van der Waals surface area contributed by atoms with Crippen LogP contribution in [0.1, 0.15) is 24.5 Å². The molecule has 0 aliphatic heterocycles. The maximum atomic E-state index is 12.0. The lowest BCUT2D eigenvalue weighted by Crippen LogP contribution is -2.33. The number of benzene rings is 1. The van der Waals surface area contributed by atoms with Gasteiger partial charge in [0.2, 0.25) is 10.0 Å². The first kappa shape index (κ1) is 17.4. The Balaban J connectivity index is 2.64. The molecule has 3 N–H and O–H groups in total. The van der Waals surface area contributed by atoms with Crippen molar-refractivity contribution in [3.63, 3.8) is 0 Å². The molecule has 4 nitrogen and oxygen atoms in total. The summed E-state index contributed by atoms with van der Waals surface area (Å²) < 4.78 is 26.7. The van der Waals surface area contributed by atoms with E-state index < -0.39 is 10.0 Å². The number of thioether (sulfide) groups is 1. The second-order valence-corrected chi connectivity index (χ2v) is 7.80. The Morgan fingerprint density at radius 2 is 2.00 bits per heavy atom. The van der Waals surface area contributed by atoms with E-state index in [2.05, 4.69) is 4.72 Å². The molecular formula is C13H20N2O2S3. The molecule has 0 aliphatic carbocycles. The fraction of sp³-hybridized carbons (Fsp3) is 0.462. The number of rotatable bonds is 8. The summed E-state index contributed by atoms with van der Waals surface area (Å²) in [7, 11) is -3.32. The molecule has 1 unspecified atom stereocenters. The molecule has 1 aromatic rings. The Morgan fingerprint density at radius 3 is 2.50 bits per heavy atom. The fourth-order valence-electron chi connectivity index (χ4n) is 1.69. The molecule has 20 heavy (non-hydrogen) atoms. The molecule has 7 heteroatoms. The van der Waals surface area contributed by atoms with E-state index in [1.807, 2.05) is 13.2 Å². The van der Waals surface area contributed by atoms with E-state index in [4.69, 9.17) is 18.0 Å². The van der Waals surface area contributed by atoms with Gasteiger partial charge in [-0.3, -0.25) is 0 Å². The van der Waals surface area contributed by atoms with Gasteiger partial charge in [0.15, 0.2) is 0 Å². The third-order valence-corrected chi connectivity index (χ3v) is 5.09. The summed E-state index contributed by atoms with van der Waals surface area (Å²) in [5.41, 5.74) is 6.96. The average Bonchev–Trinajstić information content (AvgIpc) is 2.35. The van der Waals surface area contributed by atoms with Crippen molar-refractivity contribution in [2.45, 2.75) is 25.1 Å². The lowest BCUT2D eigenvalue weighted by Gasteiger charge is -2.13. The first-order valence-electron chi connectivity index (χ1n) is 6.22. The van der Waals surface area contributed by atoms with Gasteiger partial charge in [-0.2, -0.15) is 11.8 Å². The van der Waals surface area contributed by atoms with Crippen LogP contribution in [0.25, 0.3) is 0 Å². The largest absolute Gasteiger partial charge is 0.389 e. The molecule has 0 saturated heterocycles. The van der Waals surface area contributed by atoms with Gasteiger partial charge in [0.25, 0.3) is 0 Å². The van der Waals surface area contributed by atoms with E-state index in [1.54, 1.807) is 36.0 Å². The summed E-state index contributed by atoms with van der Waals surface area (Å²) in [6, 6.07) is 6.90. The average molecular weight is 333 g/mol. The van der Waals surface area contributed by atoms with Gasteiger partial charge in [0, 0.05) is 11.6 Å². The highest BCUT2D eigenvalue weighted by molar-refractivity contribution is 7.98. The van der Waals surface area contributed by atoms with Crippen LogP contribution in [-0.2, 0) is 15.8 Å². The maximum Gasteiger partial charge on any atom is 0.216 e. The molecule has 0 aliphatic rings. The van der Waals surface area contributed by atoms with Crippen molar-refractivity contribution in [2.75, 3.05) is 12.0 Å². The molecule has 1 atom stereocenters. The van der Waals surface area contributed by atoms with Crippen molar-refractivity contribution in [1.29, 1.82) is 0 Å². The van der Waals surface area contributed by atoms with Crippen molar-refractivity contribution in [2.24, 2.45) is 5.73 Å². The van der Waals surface area contributed by atoms with Gasteiger partial charge in [0.05, 0.1) is 5.75 Å². The number of thiocarbonyl (C=S) groups is 1. The van der Waals surface area contributed by atoms with Gasteiger partial charge in [-0.1, -0.05) is 36.5 Å². The van der Waals surface area contributed by atoms with Crippen molar-refractivity contribution in [3.8, 4) is 0 Å². The van der Waals surface area contributed by atoms with Gasteiger partial charge in [-0.15, -0.1) is 0 Å². The van der Waals surface area contributed by atoms with Crippen LogP contribution in [0.4, 0.5) is 0 Å². The van der Waals surface area contributed by atoms with E-state index >= 15 is 0 Å². The third kappa shape index (κ3) is 6.21. The third-order valence-electron chi connectivity index (χ3n) is 2.73. The summed E-state index contributed by atoms with van der Waals surface area (Å²) in [6.45, 7) is 1.88. The van der Waals surface area contributed by atoms with Crippen LogP contribution in [-0.4, -0.2) is 31.5 Å². The van der Waals surface area contributed by atoms with Crippen molar-refractivity contribution < 1.29 is 8.42 Å². The monoisotopic (exact) mass is 332 g/mol. The van der Waals surface area contributed by atoms with Gasteiger partial charge in [-0.05, 0) is 30.9 Å². The predicted molar refractivity (Wildman–Crippen MR) is 90.5 cm³/mol. The fourth-order valence-corrected chi connectivity index (χ4v) is 3.86. The second-order valence-electron chi connectivity index (χ2n) is 4.62. The van der Waals surface area contributed by atoms with E-state index in [-0.39, 0.29) is 11.8 Å². The Kier molecular flexibility index (Phi) is 6.94. The molecule has 1 rings (SSSR count). The van der Waals surface area contributed by atoms with Crippen LogP contribution in [0.15, 0.2) is 24.3 Å². The molecular weight excluding hydrogens is 312 g/mol. The molecule has 0 amide bonds. The van der Waals surface area contributed by atoms with Crippen LogP contribution in [0.5, 0.6) is 0 Å². The topological polar surface area (TPSA) is 72.2 Å². The van der Waals surface area contributed by atoms with Crippen molar-refractivity contribution >= 4 is 39.0 Å². The molecule has 0 aromatic heterocycles. The predicted octanol–water partition coefficient (Wildman–Crippen LogP) is 1.88.